The van der Waals surface area contributed by atoms with Gasteiger partial charge in [0, 0.05) is 32.8 Å². The third-order valence-corrected chi connectivity index (χ3v) is 3.43. The highest BCUT2D eigenvalue weighted by molar-refractivity contribution is 5.68. The number of carbonyl (C=O) groups is 1. The van der Waals surface area contributed by atoms with Gasteiger partial charge >= 0.3 is 6.09 Å². The number of nitrogens with one attached hydrogen (secondary N) is 1. The van der Waals surface area contributed by atoms with Crippen molar-refractivity contribution in [1.29, 1.82) is 0 Å². The zero-order valence-corrected chi connectivity index (χ0v) is 14.1. The van der Waals surface area contributed by atoms with Crippen molar-refractivity contribution in [3.63, 3.8) is 0 Å². The van der Waals surface area contributed by atoms with Gasteiger partial charge in [-0.05, 0) is 33.6 Å². The van der Waals surface area contributed by atoms with Gasteiger partial charge in [0.25, 0.3) is 0 Å². The fourth-order valence-corrected chi connectivity index (χ4v) is 2.16. The minimum Gasteiger partial charge on any atom is -0.444 e. The monoisotopic (exact) mass is 298 g/mol. The summed E-state index contributed by atoms with van der Waals surface area (Å²) < 4.78 is 10.6. The Morgan fingerprint density at radius 2 is 2.19 bits per heavy atom. The first-order chi connectivity index (χ1) is 9.85. The third-order valence-electron chi connectivity index (χ3n) is 3.43. The van der Waals surface area contributed by atoms with E-state index in [1.807, 2.05) is 20.8 Å². The first-order valence-corrected chi connectivity index (χ1v) is 7.74. The molecular formula is C16H30N2O3. The fraction of sp³-hybridized carbons (Fsp3) is 0.812. The molecule has 1 aliphatic heterocycles. The van der Waals surface area contributed by atoms with Crippen LogP contribution >= 0.6 is 0 Å². The molecule has 0 aromatic heterocycles. The van der Waals surface area contributed by atoms with Gasteiger partial charge in [0.05, 0.1) is 6.61 Å². The molecule has 0 aromatic rings. The molecule has 122 valence electrons. The van der Waals surface area contributed by atoms with Crippen LogP contribution in [-0.2, 0) is 9.47 Å². The smallest absolute Gasteiger partial charge is 0.410 e. The Morgan fingerprint density at radius 3 is 2.67 bits per heavy atom. The molecule has 21 heavy (non-hydrogen) atoms. The van der Waals surface area contributed by atoms with Crippen LogP contribution in [0.2, 0.25) is 0 Å². The molecule has 0 fully saturated rings. The van der Waals surface area contributed by atoms with E-state index in [9.17, 15) is 4.79 Å². The van der Waals surface area contributed by atoms with Crippen LogP contribution < -0.4 is 5.32 Å². The Bertz CT molecular complexity index is 361. The molecule has 0 spiro atoms. The zero-order valence-electron chi connectivity index (χ0n) is 14.1. The van der Waals surface area contributed by atoms with Crippen LogP contribution in [0.25, 0.3) is 0 Å². The van der Waals surface area contributed by atoms with Crippen LogP contribution in [0.1, 0.15) is 40.5 Å². The Morgan fingerprint density at radius 1 is 1.48 bits per heavy atom. The summed E-state index contributed by atoms with van der Waals surface area (Å²) in [7, 11) is 1.73. The molecule has 1 amide bonds. The summed E-state index contributed by atoms with van der Waals surface area (Å²) in [6, 6.07) is 0.389. The van der Waals surface area contributed by atoms with E-state index in [2.05, 4.69) is 18.3 Å². The number of nitrogens with zero attached hydrogens (tertiary/aromatic N) is 1. The predicted octanol–water partition coefficient (Wildman–Crippen LogP) is 2.57. The van der Waals surface area contributed by atoms with Crippen molar-refractivity contribution in [1.82, 2.24) is 10.2 Å². The van der Waals surface area contributed by atoms with Crippen LogP contribution in [0.3, 0.4) is 0 Å². The summed E-state index contributed by atoms with van der Waals surface area (Å²) in [5.74, 6) is 0. The highest BCUT2D eigenvalue weighted by Gasteiger charge is 2.23. The summed E-state index contributed by atoms with van der Waals surface area (Å²) in [5, 5.41) is 3.49. The molecular weight excluding hydrogens is 268 g/mol. The van der Waals surface area contributed by atoms with Crippen LogP contribution in [0, 0.1) is 0 Å². The zero-order chi connectivity index (χ0) is 15.9. The molecule has 0 aliphatic carbocycles. The highest BCUT2D eigenvalue weighted by atomic mass is 16.6. The van der Waals surface area contributed by atoms with Gasteiger partial charge in [-0.1, -0.05) is 18.6 Å². The van der Waals surface area contributed by atoms with Gasteiger partial charge in [-0.25, -0.2) is 4.79 Å². The van der Waals surface area contributed by atoms with E-state index >= 15 is 0 Å². The predicted molar refractivity (Wildman–Crippen MR) is 84.5 cm³/mol. The van der Waals surface area contributed by atoms with Gasteiger partial charge in [0.1, 0.15) is 5.60 Å². The summed E-state index contributed by atoms with van der Waals surface area (Å²) in [4.78, 5) is 13.7. The van der Waals surface area contributed by atoms with Crippen LogP contribution in [0.4, 0.5) is 4.79 Å². The second-order valence-corrected chi connectivity index (χ2v) is 6.48. The molecule has 1 unspecified atom stereocenters. The van der Waals surface area contributed by atoms with Crippen LogP contribution in [0.5, 0.6) is 0 Å². The largest absolute Gasteiger partial charge is 0.444 e. The standard InChI is InChI=1S/C16H30N2O3/c1-6-14(12-20-5)17-11-13-7-9-18(10-8-13)15(19)21-16(2,3)4/h7,14,17H,6,8-12H2,1-5H3. The van der Waals surface area contributed by atoms with E-state index in [1.54, 1.807) is 12.0 Å². The first-order valence-electron chi connectivity index (χ1n) is 7.74. The van der Waals surface area contributed by atoms with Crippen molar-refractivity contribution < 1.29 is 14.3 Å². The van der Waals surface area contributed by atoms with Gasteiger partial charge in [-0.15, -0.1) is 0 Å². The van der Waals surface area contributed by atoms with Crippen LogP contribution in [-0.4, -0.2) is 56.0 Å². The van der Waals surface area contributed by atoms with Gasteiger partial charge < -0.3 is 19.7 Å². The van der Waals surface area contributed by atoms with E-state index in [-0.39, 0.29) is 6.09 Å². The van der Waals surface area contributed by atoms with Crippen molar-refractivity contribution >= 4 is 6.09 Å². The number of carbonyl (C=O) groups excluding carboxylic acids is 1. The molecule has 0 radical (unpaired) electrons. The maximum atomic E-state index is 12.0. The number of rotatable bonds is 6. The lowest BCUT2D eigenvalue weighted by molar-refractivity contribution is 0.0265. The minimum atomic E-state index is -0.433. The molecule has 1 aliphatic rings. The van der Waals surface area contributed by atoms with Crippen molar-refractivity contribution in [2.45, 2.75) is 52.2 Å². The van der Waals surface area contributed by atoms with Crippen molar-refractivity contribution in [2.24, 2.45) is 0 Å². The Balaban J connectivity index is 2.38. The number of ether oxygens (including phenoxy) is 2. The van der Waals surface area contributed by atoms with Gasteiger partial charge in [0.2, 0.25) is 0 Å². The number of methoxy groups -OCH3 is 1. The molecule has 5 nitrogen and oxygen atoms in total. The maximum absolute atomic E-state index is 12.0. The number of hydrogen-bond acceptors (Lipinski definition) is 4. The second-order valence-electron chi connectivity index (χ2n) is 6.48. The second kappa shape index (κ2) is 8.39. The highest BCUT2D eigenvalue weighted by Crippen LogP contribution is 2.15. The van der Waals surface area contributed by atoms with Gasteiger partial charge in [-0.3, -0.25) is 0 Å². The summed E-state index contributed by atoms with van der Waals surface area (Å²) >= 11 is 0. The SMILES string of the molecule is CCC(COC)NCC1=CCN(C(=O)OC(C)(C)C)CC1. The Hall–Kier alpha value is -1.07. The summed E-state index contributed by atoms with van der Waals surface area (Å²) in [6.45, 7) is 10.8. The summed E-state index contributed by atoms with van der Waals surface area (Å²) in [6.07, 6.45) is 3.84. The van der Waals surface area contributed by atoms with E-state index in [0.29, 0.717) is 12.6 Å². The lowest BCUT2D eigenvalue weighted by Crippen LogP contribution is -2.40. The van der Waals surface area contributed by atoms with E-state index in [0.717, 1.165) is 32.5 Å². The van der Waals surface area contributed by atoms with E-state index in [4.69, 9.17) is 9.47 Å². The molecule has 0 saturated heterocycles. The molecule has 1 N–H and O–H groups in total. The lowest BCUT2D eigenvalue weighted by Gasteiger charge is -2.30. The molecule has 0 bridgehead atoms. The molecule has 0 saturated carbocycles. The fourth-order valence-electron chi connectivity index (χ4n) is 2.16. The lowest BCUT2D eigenvalue weighted by atomic mass is 10.1. The average molecular weight is 298 g/mol. The molecule has 1 heterocycles. The third kappa shape index (κ3) is 6.96. The van der Waals surface area contributed by atoms with Crippen molar-refractivity contribution in [3.8, 4) is 0 Å². The average Bonchev–Trinajstić information content (AvgIpc) is 2.42. The number of hydrogen-bond donors (Lipinski definition) is 1. The number of amides is 1. The molecule has 5 heteroatoms. The maximum Gasteiger partial charge on any atom is 0.410 e. The Labute approximate surface area is 128 Å². The Kier molecular flexibility index (Phi) is 7.18. The van der Waals surface area contributed by atoms with E-state index < -0.39 is 5.60 Å². The quantitative estimate of drug-likeness (QED) is 0.766. The van der Waals surface area contributed by atoms with Gasteiger partial charge in [0.15, 0.2) is 0 Å². The normalized spacial score (nSPS) is 17.4. The minimum absolute atomic E-state index is 0.225. The van der Waals surface area contributed by atoms with E-state index in [1.165, 1.54) is 5.57 Å². The van der Waals surface area contributed by atoms with Crippen molar-refractivity contribution in [2.75, 3.05) is 33.4 Å². The molecule has 1 rings (SSSR count). The first kappa shape index (κ1) is 18.0. The van der Waals surface area contributed by atoms with Gasteiger partial charge in [-0.2, -0.15) is 0 Å². The summed E-state index contributed by atoms with van der Waals surface area (Å²) in [5.41, 5.74) is 0.918. The molecule has 1 atom stereocenters. The molecule has 0 aromatic carbocycles. The van der Waals surface area contributed by atoms with Crippen LogP contribution in [0.15, 0.2) is 11.6 Å². The van der Waals surface area contributed by atoms with Crippen molar-refractivity contribution in [3.05, 3.63) is 11.6 Å². The topological polar surface area (TPSA) is 50.8 Å².